The lowest BCUT2D eigenvalue weighted by Crippen LogP contribution is -2.28. The number of hydrogen-bond acceptors (Lipinski definition) is 3. The molecular formula is C24H20F2N2O2S. The molecule has 0 radical (unpaired) electrons. The van der Waals surface area contributed by atoms with Crippen molar-refractivity contribution in [2.24, 2.45) is 0 Å². The molecule has 1 N–H and O–H groups in total. The van der Waals surface area contributed by atoms with E-state index in [0.717, 1.165) is 23.3 Å². The Hall–Kier alpha value is -3.19. The molecule has 1 aliphatic rings. The van der Waals surface area contributed by atoms with E-state index in [-0.39, 0.29) is 23.3 Å². The third-order valence-electron chi connectivity index (χ3n) is 5.00. The van der Waals surface area contributed by atoms with Crippen LogP contribution >= 0.6 is 11.8 Å². The van der Waals surface area contributed by atoms with E-state index in [2.05, 4.69) is 5.32 Å². The highest BCUT2D eigenvalue weighted by Gasteiger charge is 2.35. The van der Waals surface area contributed by atoms with Crippen LogP contribution < -0.4 is 10.2 Å². The Labute approximate surface area is 183 Å². The Balaban J connectivity index is 1.43. The van der Waals surface area contributed by atoms with Crippen LogP contribution in [-0.4, -0.2) is 17.6 Å². The molecule has 2 amide bonds. The fraction of sp³-hybridized carbons (Fsp3) is 0.167. The first-order valence-corrected chi connectivity index (χ1v) is 10.9. The predicted octanol–water partition coefficient (Wildman–Crippen LogP) is 5.31. The van der Waals surface area contributed by atoms with Gasteiger partial charge < -0.3 is 5.32 Å². The van der Waals surface area contributed by atoms with E-state index >= 15 is 0 Å². The normalized spacial score (nSPS) is 15.9. The first-order chi connectivity index (χ1) is 15.0. The number of thioether (sulfide) groups is 1. The molecule has 31 heavy (non-hydrogen) atoms. The van der Waals surface area contributed by atoms with Gasteiger partial charge in [-0.1, -0.05) is 42.5 Å². The zero-order valence-electron chi connectivity index (χ0n) is 16.6. The Kier molecular flexibility index (Phi) is 6.32. The molecule has 1 saturated heterocycles. The molecule has 158 valence electrons. The standard InChI is InChI=1S/C24H20F2N2O2S/c25-18-9-12-21(20(26)14-18)28-23(30)15-31-24(28)17-7-10-19(11-8-17)27-22(29)13-6-16-4-2-1-3-5-16/h1-5,7-12,14,24H,6,13,15H2,(H,27,29)/t24-/m0/s1. The van der Waals surface area contributed by atoms with Crippen LogP contribution in [0.2, 0.25) is 0 Å². The first-order valence-electron chi connectivity index (χ1n) is 9.84. The van der Waals surface area contributed by atoms with E-state index in [1.807, 2.05) is 30.3 Å². The summed E-state index contributed by atoms with van der Waals surface area (Å²) in [5, 5.41) is 2.45. The van der Waals surface area contributed by atoms with E-state index in [0.29, 0.717) is 18.5 Å². The number of halogens is 2. The van der Waals surface area contributed by atoms with Gasteiger partial charge in [0.15, 0.2) is 0 Å². The second kappa shape index (κ2) is 9.31. The molecule has 4 nitrogen and oxygen atoms in total. The minimum Gasteiger partial charge on any atom is -0.326 e. The third kappa shape index (κ3) is 4.94. The number of carbonyl (C=O) groups is 2. The van der Waals surface area contributed by atoms with Crippen LogP contribution in [0, 0.1) is 11.6 Å². The number of benzene rings is 3. The number of hydrogen-bond donors (Lipinski definition) is 1. The average Bonchev–Trinajstić information content (AvgIpc) is 3.15. The molecular weight excluding hydrogens is 418 g/mol. The van der Waals surface area contributed by atoms with E-state index < -0.39 is 17.0 Å². The number of amides is 2. The second-order valence-electron chi connectivity index (χ2n) is 7.18. The largest absolute Gasteiger partial charge is 0.326 e. The van der Waals surface area contributed by atoms with Crippen LogP contribution in [0.3, 0.4) is 0 Å². The summed E-state index contributed by atoms with van der Waals surface area (Å²) in [5.41, 5.74) is 2.60. The minimum atomic E-state index is -0.775. The van der Waals surface area contributed by atoms with Crippen LogP contribution in [-0.2, 0) is 16.0 Å². The van der Waals surface area contributed by atoms with Gasteiger partial charge in [-0.05, 0) is 41.8 Å². The monoisotopic (exact) mass is 438 g/mol. The maximum atomic E-state index is 14.3. The van der Waals surface area contributed by atoms with Gasteiger partial charge in [0, 0.05) is 18.2 Å². The summed E-state index contributed by atoms with van der Waals surface area (Å²) in [4.78, 5) is 26.0. The molecule has 0 saturated carbocycles. The summed E-state index contributed by atoms with van der Waals surface area (Å²) < 4.78 is 27.5. The second-order valence-corrected chi connectivity index (χ2v) is 8.25. The topological polar surface area (TPSA) is 49.4 Å². The van der Waals surface area contributed by atoms with Crippen LogP contribution in [0.4, 0.5) is 20.2 Å². The van der Waals surface area contributed by atoms with Crippen molar-refractivity contribution in [3.05, 3.63) is 95.6 Å². The molecule has 1 heterocycles. The smallest absolute Gasteiger partial charge is 0.238 e. The number of carbonyl (C=O) groups excluding carboxylic acids is 2. The van der Waals surface area contributed by atoms with Crippen molar-refractivity contribution in [3.8, 4) is 0 Å². The maximum absolute atomic E-state index is 14.3. The molecule has 0 unspecified atom stereocenters. The third-order valence-corrected chi connectivity index (χ3v) is 6.21. The zero-order chi connectivity index (χ0) is 21.8. The van der Waals surface area contributed by atoms with Gasteiger partial charge in [0.2, 0.25) is 11.8 Å². The number of nitrogens with zero attached hydrogens (tertiary/aromatic N) is 1. The van der Waals surface area contributed by atoms with Gasteiger partial charge in [0.25, 0.3) is 0 Å². The van der Waals surface area contributed by atoms with Crippen molar-refractivity contribution >= 4 is 35.0 Å². The lowest BCUT2D eigenvalue weighted by atomic mass is 10.1. The summed E-state index contributed by atoms with van der Waals surface area (Å²) in [5.74, 6) is -1.58. The van der Waals surface area contributed by atoms with Gasteiger partial charge >= 0.3 is 0 Å². The molecule has 1 aliphatic heterocycles. The highest BCUT2D eigenvalue weighted by molar-refractivity contribution is 8.00. The zero-order valence-corrected chi connectivity index (χ0v) is 17.4. The molecule has 0 spiro atoms. The minimum absolute atomic E-state index is 0.0553. The summed E-state index contributed by atoms with van der Waals surface area (Å²) in [7, 11) is 0. The van der Waals surface area contributed by atoms with Crippen molar-refractivity contribution in [1.29, 1.82) is 0 Å². The predicted molar refractivity (Wildman–Crippen MR) is 119 cm³/mol. The molecule has 1 fully saturated rings. The van der Waals surface area contributed by atoms with E-state index in [4.69, 9.17) is 0 Å². The Morgan fingerprint density at radius 2 is 1.77 bits per heavy atom. The highest BCUT2D eigenvalue weighted by Crippen LogP contribution is 2.42. The van der Waals surface area contributed by atoms with Gasteiger partial charge in [0.05, 0.1) is 11.4 Å². The van der Waals surface area contributed by atoms with Gasteiger partial charge in [0.1, 0.15) is 17.0 Å². The van der Waals surface area contributed by atoms with Crippen molar-refractivity contribution in [3.63, 3.8) is 0 Å². The van der Waals surface area contributed by atoms with Crippen molar-refractivity contribution in [2.45, 2.75) is 18.2 Å². The maximum Gasteiger partial charge on any atom is 0.238 e. The van der Waals surface area contributed by atoms with Crippen LogP contribution in [0.5, 0.6) is 0 Å². The summed E-state index contributed by atoms with van der Waals surface area (Å²) in [6, 6.07) is 20.1. The number of aryl methyl sites for hydroxylation is 1. The van der Waals surface area contributed by atoms with E-state index in [1.54, 1.807) is 24.3 Å². The summed E-state index contributed by atoms with van der Waals surface area (Å²) in [6.07, 6.45) is 1.03. The summed E-state index contributed by atoms with van der Waals surface area (Å²) in [6.45, 7) is 0. The number of anilines is 2. The average molecular weight is 438 g/mol. The molecule has 7 heteroatoms. The van der Waals surface area contributed by atoms with Crippen LogP contribution in [0.15, 0.2) is 72.8 Å². The first kappa shape index (κ1) is 21.1. The Bertz CT molecular complexity index is 1090. The van der Waals surface area contributed by atoms with Crippen LogP contribution in [0.1, 0.15) is 22.9 Å². The quantitative estimate of drug-likeness (QED) is 0.567. The fourth-order valence-electron chi connectivity index (χ4n) is 3.46. The molecule has 0 aromatic heterocycles. The van der Waals surface area contributed by atoms with Gasteiger partial charge in [-0.15, -0.1) is 11.8 Å². The van der Waals surface area contributed by atoms with Crippen molar-refractivity contribution < 1.29 is 18.4 Å². The lowest BCUT2D eigenvalue weighted by Gasteiger charge is -2.25. The Morgan fingerprint density at radius 1 is 1.03 bits per heavy atom. The Morgan fingerprint density at radius 3 is 2.48 bits per heavy atom. The molecule has 4 rings (SSSR count). The van der Waals surface area contributed by atoms with Gasteiger partial charge in [-0.3, -0.25) is 14.5 Å². The van der Waals surface area contributed by atoms with E-state index in [9.17, 15) is 18.4 Å². The van der Waals surface area contributed by atoms with Crippen molar-refractivity contribution in [2.75, 3.05) is 16.0 Å². The van der Waals surface area contributed by atoms with Gasteiger partial charge in [-0.25, -0.2) is 8.78 Å². The van der Waals surface area contributed by atoms with E-state index in [1.165, 1.54) is 22.7 Å². The molecule has 1 atom stereocenters. The molecule has 0 aliphatic carbocycles. The van der Waals surface area contributed by atoms with Crippen LogP contribution in [0.25, 0.3) is 0 Å². The van der Waals surface area contributed by atoms with Crippen molar-refractivity contribution in [1.82, 2.24) is 0 Å². The SMILES string of the molecule is O=C(CCc1ccccc1)Nc1ccc([C@@H]2SCC(=O)N2c2ccc(F)cc2F)cc1. The van der Waals surface area contributed by atoms with Gasteiger partial charge in [-0.2, -0.15) is 0 Å². The fourth-order valence-corrected chi connectivity index (χ4v) is 4.63. The molecule has 3 aromatic rings. The number of rotatable bonds is 6. The highest BCUT2D eigenvalue weighted by atomic mass is 32.2. The lowest BCUT2D eigenvalue weighted by molar-refractivity contribution is -0.116. The summed E-state index contributed by atoms with van der Waals surface area (Å²) >= 11 is 1.37. The molecule has 0 bridgehead atoms. The molecule has 3 aromatic carbocycles. The number of nitrogens with one attached hydrogen (secondary N) is 1.